The number of aromatic hydroxyl groups is 1. The molecule has 0 spiro atoms. The molecule has 290 valence electrons. The van der Waals surface area contributed by atoms with E-state index in [-0.39, 0.29) is 73.3 Å². The third-order valence-corrected chi connectivity index (χ3v) is 10.4. The van der Waals surface area contributed by atoms with Gasteiger partial charge in [-0.3, -0.25) is 14.4 Å². The van der Waals surface area contributed by atoms with E-state index in [1.165, 1.54) is 0 Å². The molecule has 2 aromatic heterocycles. The largest absolute Gasteiger partial charge is 0.510 e. The predicted molar refractivity (Wildman–Crippen MR) is 203 cm³/mol. The van der Waals surface area contributed by atoms with E-state index in [4.69, 9.17) is 23.9 Å². The summed E-state index contributed by atoms with van der Waals surface area (Å²) in [5, 5.41) is 13.9. The van der Waals surface area contributed by atoms with Gasteiger partial charge in [0.1, 0.15) is 25.6 Å². The molecule has 4 heterocycles. The maximum absolute atomic E-state index is 14.0. The van der Waals surface area contributed by atoms with Gasteiger partial charge in [-0.15, -0.1) is 0 Å². The van der Waals surface area contributed by atoms with Crippen LogP contribution in [0.3, 0.4) is 0 Å². The molecule has 0 bridgehead atoms. The monoisotopic (exact) mass is 753 g/mol. The standard InChI is InChI=1S/C42H47N3O10/c1-5-9-10-11-26(18-29(47)23-52-8-4)38(48)43-27-14-12-25(13-15-27)22-54-41(51)55-42(7-3)34-20-36-37-32(21-45(36)39(49)33(34)24-53-40(42)50)30(6-2)31-19-28(46)16-17-35(31)44-37/h12-17,19-20,26,46H,5-11,18,21-24H2,1-4H3,(H,43,48). The van der Waals surface area contributed by atoms with Crippen LogP contribution in [-0.4, -0.2) is 51.7 Å². The number of rotatable bonds is 16. The SMILES string of the molecule is CCCCCC(CC(=O)COCC)C(=O)Nc1ccc(COC(=O)OC2(CC)C(=O)OCc3c2cc2n(c3=O)Cc3c-2nc2ccc(O)cc2c3CC)cc1. The molecule has 0 saturated carbocycles. The summed E-state index contributed by atoms with van der Waals surface area (Å²) in [7, 11) is 0. The van der Waals surface area contributed by atoms with E-state index in [9.17, 15) is 29.1 Å². The van der Waals surface area contributed by atoms with Crippen molar-refractivity contribution >= 4 is 40.4 Å². The van der Waals surface area contributed by atoms with Gasteiger partial charge in [0.15, 0.2) is 5.78 Å². The number of carbonyl (C=O) groups excluding carboxylic acids is 4. The lowest BCUT2D eigenvalue weighted by molar-refractivity contribution is -0.175. The van der Waals surface area contributed by atoms with Crippen molar-refractivity contribution in [1.82, 2.24) is 9.55 Å². The van der Waals surface area contributed by atoms with E-state index < -0.39 is 23.6 Å². The predicted octanol–water partition coefficient (Wildman–Crippen LogP) is 6.84. The Morgan fingerprint density at radius 3 is 2.51 bits per heavy atom. The number of aromatic nitrogens is 2. The van der Waals surface area contributed by atoms with Crippen molar-refractivity contribution < 1.29 is 43.2 Å². The number of hydrogen-bond acceptors (Lipinski definition) is 11. The first-order valence-corrected chi connectivity index (χ1v) is 19.0. The molecule has 0 fully saturated rings. The Kier molecular flexibility index (Phi) is 12.0. The summed E-state index contributed by atoms with van der Waals surface area (Å²) in [6.45, 7) is 7.73. The molecule has 0 aliphatic carbocycles. The van der Waals surface area contributed by atoms with Gasteiger partial charge in [0.25, 0.3) is 5.56 Å². The highest BCUT2D eigenvalue weighted by molar-refractivity contribution is 5.96. The quantitative estimate of drug-likeness (QED) is 0.0798. The number of unbranched alkanes of at least 4 members (excludes halogenated alkanes) is 2. The fraction of sp³-hybridized carbons (Fsp3) is 0.429. The number of fused-ring (bicyclic) bond motifs is 5. The van der Waals surface area contributed by atoms with Crippen LogP contribution in [-0.2, 0) is 65.1 Å². The number of ketones is 1. The molecule has 2 aliphatic heterocycles. The molecular weight excluding hydrogens is 706 g/mol. The molecule has 0 radical (unpaired) electrons. The van der Waals surface area contributed by atoms with Gasteiger partial charge in [-0.1, -0.05) is 52.2 Å². The molecule has 2 N–H and O–H groups in total. The van der Waals surface area contributed by atoms with E-state index in [0.717, 1.165) is 35.8 Å². The van der Waals surface area contributed by atoms with Crippen LogP contribution < -0.4 is 10.9 Å². The number of aryl methyl sites for hydroxylation is 1. The van der Waals surface area contributed by atoms with E-state index >= 15 is 0 Å². The molecule has 0 saturated heterocycles. The van der Waals surface area contributed by atoms with Crippen LogP contribution in [0, 0.1) is 5.92 Å². The number of amides is 1. The van der Waals surface area contributed by atoms with Crippen LogP contribution in [0.25, 0.3) is 22.3 Å². The normalized spacial score (nSPS) is 16.1. The zero-order valence-corrected chi connectivity index (χ0v) is 31.7. The van der Waals surface area contributed by atoms with Crippen molar-refractivity contribution in [1.29, 1.82) is 0 Å². The Morgan fingerprint density at radius 1 is 1.02 bits per heavy atom. The minimum Gasteiger partial charge on any atom is -0.508 e. The molecule has 1 amide bonds. The van der Waals surface area contributed by atoms with Gasteiger partial charge in [-0.2, -0.15) is 0 Å². The third-order valence-electron chi connectivity index (χ3n) is 10.4. The highest BCUT2D eigenvalue weighted by atomic mass is 16.7. The number of cyclic esters (lactones) is 1. The van der Waals surface area contributed by atoms with Crippen LogP contribution >= 0.6 is 0 Å². The molecule has 6 rings (SSSR count). The van der Waals surface area contributed by atoms with Gasteiger partial charge in [0.2, 0.25) is 11.5 Å². The Bertz CT molecular complexity index is 2180. The Balaban J connectivity index is 1.17. The Hall–Kier alpha value is -5.56. The molecule has 2 aromatic carbocycles. The molecule has 2 atom stereocenters. The fourth-order valence-electron chi connectivity index (χ4n) is 7.47. The van der Waals surface area contributed by atoms with Crippen molar-refractivity contribution in [2.24, 2.45) is 5.92 Å². The number of pyridine rings is 2. The molecule has 55 heavy (non-hydrogen) atoms. The van der Waals surface area contributed by atoms with Gasteiger partial charge in [-0.25, -0.2) is 14.6 Å². The first-order chi connectivity index (χ1) is 26.5. The maximum atomic E-state index is 14.0. The van der Waals surface area contributed by atoms with Crippen molar-refractivity contribution in [3.63, 3.8) is 0 Å². The Morgan fingerprint density at radius 2 is 1.80 bits per heavy atom. The second-order valence-electron chi connectivity index (χ2n) is 13.9. The summed E-state index contributed by atoms with van der Waals surface area (Å²) in [5.41, 5.74) is 2.76. The number of phenols is 1. The van der Waals surface area contributed by atoms with Gasteiger partial charge in [0.05, 0.1) is 29.0 Å². The Labute approximate surface area is 318 Å². The van der Waals surface area contributed by atoms with E-state index in [2.05, 4.69) is 12.2 Å². The van der Waals surface area contributed by atoms with Gasteiger partial charge < -0.3 is 33.9 Å². The van der Waals surface area contributed by atoms with Crippen molar-refractivity contribution in [3.05, 3.63) is 86.7 Å². The van der Waals surface area contributed by atoms with Crippen LogP contribution in [0.2, 0.25) is 0 Å². The second-order valence-corrected chi connectivity index (χ2v) is 13.9. The van der Waals surface area contributed by atoms with Crippen LogP contribution in [0.5, 0.6) is 5.75 Å². The number of Topliss-reactive ketones (excluding diaryl/α,β-unsaturated/α-hetero) is 1. The van der Waals surface area contributed by atoms with Gasteiger partial charge in [0, 0.05) is 41.1 Å². The lowest BCUT2D eigenvalue weighted by Gasteiger charge is -2.35. The van der Waals surface area contributed by atoms with Gasteiger partial charge >= 0.3 is 12.1 Å². The lowest BCUT2D eigenvalue weighted by atomic mass is 9.85. The zero-order valence-electron chi connectivity index (χ0n) is 31.7. The zero-order chi connectivity index (χ0) is 39.3. The average Bonchev–Trinajstić information content (AvgIpc) is 3.55. The van der Waals surface area contributed by atoms with E-state index in [0.29, 0.717) is 47.6 Å². The summed E-state index contributed by atoms with van der Waals surface area (Å²) in [6.07, 6.45) is 2.96. The fourth-order valence-corrected chi connectivity index (χ4v) is 7.47. The molecule has 13 heteroatoms. The van der Waals surface area contributed by atoms with Crippen LogP contribution in [0.15, 0.2) is 53.3 Å². The third kappa shape index (κ3) is 7.98. The van der Waals surface area contributed by atoms with Crippen LogP contribution in [0.4, 0.5) is 10.5 Å². The number of esters is 1. The molecule has 2 unspecified atom stereocenters. The number of carbonyl (C=O) groups is 4. The van der Waals surface area contributed by atoms with Crippen LogP contribution in [0.1, 0.15) is 94.0 Å². The number of nitrogens with one attached hydrogen (secondary N) is 1. The summed E-state index contributed by atoms with van der Waals surface area (Å²) in [4.78, 5) is 71.1. The summed E-state index contributed by atoms with van der Waals surface area (Å²) < 4.78 is 23.5. The summed E-state index contributed by atoms with van der Waals surface area (Å²) in [5.74, 6) is -1.54. The van der Waals surface area contributed by atoms with Crippen molar-refractivity contribution in [2.45, 2.75) is 98.0 Å². The second kappa shape index (κ2) is 16.8. The van der Waals surface area contributed by atoms with E-state index in [1.54, 1.807) is 60.0 Å². The highest BCUT2D eigenvalue weighted by Gasteiger charge is 2.51. The number of hydrogen-bond donors (Lipinski definition) is 2. The number of nitrogens with zero attached hydrogens (tertiary/aromatic N) is 2. The van der Waals surface area contributed by atoms with E-state index in [1.807, 2.05) is 13.8 Å². The summed E-state index contributed by atoms with van der Waals surface area (Å²) >= 11 is 0. The summed E-state index contributed by atoms with van der Waals surface area (Å²) in [6, 6.07) is 13.3. The molecule has 4 aromatic rings. The van der Waals surface area contributed by atoms with Crippen molar-refractivity contribution in [3.8, 4) is 17.1 Å². The smallest absolute Gasteiger partial charge is 0.508 e. The maximum Gasteiger partial charge on any atom is 0.510 e. The number of anilines is 1. The topological polar surface area (TPSA) is 172 Å². The number of benzene rings is 2. The average molecular weight is 754 g/mol. The van der Waals surface area contributed by atoms with Gasteiger partial charge in [-0.05, 0) is 73.7 Å². The highest BCUT2D eigenvalue weighted by Crippen LogP contribution is 2.42. The first kappa shape index (κ1) is 39.1. The molecule has 13 nitrogen and oxygen atoms in total. The van der Waals surface area contributed by atoms with Crippen molar-refractivity contribution in [2.75, 3.05) is 18.5 Å². The molecular formula is C42H47N3O10. The number of phenolic OH excluding ortho intramolecular Hbond substituents is 1. The lowest BCUT2D eigenvalue weighted by Crippen LogP contribution is -2.47. The minimum absolute atomic E-state index is 0.0181. The molecule has 2 aliphatic rings. The first-order valence-electron chi connectivity index (χ1n) is 19.0. The number of ether oxygens (including phenoxy) is 4. The minimum atomic E-state index is -1.94.